The molecule has 1 unspecified atom stereocenters. The van der Waals surface area contributed by atoms with Gasteiger partial charge in [-0.1, -0.05) is 20.3 Å². The van der Waals surface area contributed by atoms with Crippen LogP contribution in [-0.2, 0) is 0 Å². The van der Waals surface area contributed by atoms with Crippen molar-refractivity contribution in [3.63, 3.8) is 0 Å². The van der Waals surface area contributed by atoms with Crippen LogP contribution in [-0.4, -0.2) is 35.6 Å². The number of carboxylic acids is 1. The average Bonchev–Trinajstić information content (AvgIpc) is 2.40. The highest BCUT2D eigenvalue weighted by Gasteiger charge is 2.14. The van der Waals surface area contributed by atoms with E-state index in [4.69, 9.17) is 5.11 Å². The van der Waals surface area contributed by atoms with Crippen molar-refractivity contribution in [1.82, 2.24) is 4.90 Å². The molecule has 0 saturated carbocycles. The lowest BCUT2D eigenvalue weighted by molar-refractivity contribution is 0.0696. The lowest BCUT2D eigenvalue weighted by Gasteiger charge is -2.21. The van der Waals surface area contributed by atoms with Crippen molar-refractivity contribution < 1.29 is 19.1 Å². The first-order valence-corrected chi connectivity index (χ1v) is 6.40. The molecule has 110 valence electrons. The first kappa shape index (κ1) is 15.9. The van der Waals surface area contributed by atoms with Crippen LogP contribution in [0.25, 0.3) is 0 Å². The van der Waals surface area contributed by atoms with E-state index in [1.807, 2.05) is 13.8 Å². The van der Waals surface area contributed by atoms with Gasteiger partial charge in [0.05, 0.1) is 11.3 Å². The lowest BCUT2D eigenvalue weighted by atomic mass is 10.1. The number of anilines is 1. The van der Waals surface area contributed by atoms with Crippen molar-refractivity contribution in [3.8, 4) is 0 Å². The Labute approximate surface area is 117 Å². The lowest BCUT2D eigenvalue weighted by Crippen LogP contribution is -2.34. The molecule has 2 N–H and O–H groups in total. The summed E-state index contributed by atoms with van der Waals surface area (Å²) in [6, 6.07) is 2.95. The van der Waals surface area contributed by atoms with Gasteiger partial charge in [0, 0.05) is 13.6 Å². The van der Waals surface area contributed by atoms with Crippen LogP contribution in [0.4, 0.5) is 14.9 Å². The van der Waals surface area contributed by atoms with Crippen LogP contribution in [0.5, 0.6) is 0 Å². The average molecular weight is 282 g/mol. The normalized spacial score (nSPS) is 11.8. The maximum Gasteiger partial charge on any atom is 0.335 e. The standard InChI is InChI=1S/C14H19FN2O3/c1-4-9(2)8-17(3)14(20)16-12-6-5-10(13(18)19)7-11(12)15/h5-7,9H,4,8H2,1-3H3,(H,16,20)(H,18,19). The maximum absolute atomic E-state index is 13.7. The van der Waals surface area contributed by atoms with Gasteiger partial charge in [-0.3, -0.25) is 0 Å². The number of hydrogen-bond acceptors (Lipinski definition) is 2. The maximum atomic E-state index is 13.7. The Morgan fingerprint density at radius 1 is 1.45 bits per heavy atom. The molecular formula is C14H19FN2O3. The van der Waals surface area contributed by atoms with Crippen molar-refractivity contribution >= 4 is 17.7 Å². The van der Waals surface area contributed by atoms with Crippen LogP contribution in [0.3, 0.4) is 0 Å². The van der Waals surface area contributed by atoms with Gasteiger partial charge in [-0.25, -0.2) is 14.0 Å². The minimum atomic E-state index is -1.21. The number of rotatable bonds is 5. The molecular weight excluding hydrogens is 263 g/mol. The molecule has 0 bridgehead atoms. The summed E-state index contributed by atoms with van der Waals surface area (Å²) in [4.78, 5) is 24.0. The number of carbonyl (C=O) groups is 2. The summed E-state index contributed by atoms with van der Waals surface area (Å²) in [5.74, 6) is -1.63. The Balaban J connectivity index is 2.73. The van der Waals surface area contributed by atoms with Gasteiger partial charge in [-0.05, 0) is 24.1 Å². The summed E-state index contributed by atoms with van der Waals surface area (Å²) in [6.45, 7) is 4.61. The molecule has 0 aliphatic heterocycles. The van der Waals surface area contributed by atoms with Crippen LogP contribution in [0, 0.1) is 11.7 Å². The summed E-state index contributed by atoms with van der Waals surface area (Å²) < 4.78 is 13.7. The van der Waals surface area contributed by atoms with Crippen LogP contribution in [0.1, 0.15) is 30.6 Å². The van der Waals surface area contributed by atoms with E-state index in [2.05, 4.69) is 5.32 Å². The first-order chi connectivity index (χ1) is 9.35. The molecule has 0 heterocycles. The van der Waals surface area contributed by atoms with Gasteiger partial charge < -0.3 is 15.3 Å². The molecule has 1 rings (SSSR count). The summed E-state index contributed by atoms with van der Waals surface area (Å²) in [7, 11) is 1.63. The molecule has 6 heteroatoms. The second-order valence-electron chi connectivity index (χ2n) is 4.82. The third-order valence-electron chi connectivity index (χ3n) is 3.09. The largest absolute Gasteiger partial charge is 0.478 e. The van der Waals surface area contributed by atoms with Gasteiger partial charge >= 0.3 is 12.0 Å². The van der Waals surface area contributed by atoms with Gasteiger partial charge in [0.2, 0.25) is 0 Å². The van der Waals surface area contributed by atoms with E-state index in [1.165, 1.54) is 17.0 Å². The Kier molecular flexibility index (Phi) is 5.49. The third kappa shape index (κ3) is 4.22. The minimum Gasteiger partial charge on any atom is -0.478 e. The number of carboxylic acid groups (broad SMARTS) is 1. The molecule has 0 aliphatic rings. The highest BCUT2D eigenvalue weighted by molar-refractivity contribution is 5.91. The highest BCUT2D eigenvalue weighted by atomic mass is 19.1. The molecule has 5 nitrogen and oxygen atoms in total. The fourth-order valence-corrected chi connectivity index (χ4v) is 1.64. The van der Waals surface area contributed by atoms with Crippen molar-refractivity contribution in [2.45, 2.75) is 20.3 Å². The molecule has 0 saturated heterocycles. The van der Waals surface area contributed by atoms with Crippen molar-refractivity contribution in [1.29, 1.82) is 0 Å². The van der Waals surface area contributed by atoms with E-state index in [1.54, 1.807) is 7.05 Å². The zero-order valence-electron chi connectivity index (χ0n) is 11.8. The highest BCUT2D eigenvalue weighted by Crippen LogP contribution is 2.16. The van der Waals surface area contributed by atoms with Crippen LogP contribution < -0.4 is 5.32 Å². The van der Waals surface area contributed by atoms with E-state index in [9.17, 15) is 14.0 Å². The molecule has 2 amide bonds. The molecule has 0 fully saturated rings. The molecule has 0 spiro atoms. The molecule has 1 atom stereocenters. The number of benzene rings is 1. The number of nitrogens with one attached hydrogen (secondary N) is 1. The second kappa shape index (κ2) is 6.88. The Morgan fingerprint density at radius 2 is 2.10 bits per heavy atom. The third-order valence-corrected chi connectivity index (χ3v) is 3.09. The number of aromatic carboxylic acids is 1. The van der Waals surface area contributed by atoms with Gasteiger partial charge in [0.25, 0.3) is 0 Å². The predicted octanol–water partition coefficient (Wildman–Crippen LogP) is 3.03. The van der Waals surface area contributed by atoms with Crippen molar-refractivity contribution in [3.05, 3.63) is 29.6 Å². The first-order valence-electron chi connectivity index (χ1n) is 6.40. The van der Waals surface area contributed by atoms with Gasteiger partial charge in [0.1, 0.15) is 5.82 Å². The minimum absolute atomic E-state index is 0.0315. The number of amides is 2. The number of halogens is 1. The number of carbonyl (C=O) groups excluding carboxylic acids is 1. The fraction of sp³-hybridized carbons (Fsp3) is 0.429. The van der Waals surface area contributed by atoms with E-state index < -0.39 is 17.8 Å². The second-order valence-corrected chi connectivity index (χ2v) is 4.82. The van der Waals surface area contributed by atoms with Crippen LogP contribution in [0.15, 0.2) is 18.2 Å². The van der Waals surface area contributed by atoms with Crippen molar-refractivity contribution in [2.24, 2.45) is 5.92 Å². The predicted molar refractivity (Wildman–Crippen MR) is 74.5 cm³/mol. The Bertz CT molecular complexity index is 505. The summed E-state index contributed by atoms with van der Waals surface area (Å²) in [5, 5.41) is 11.2. The van der Waals surface area contributed by atoms with Gasteiger partial charge in [0.15, 0.2) is 0 Å². The monoisotopic (exact) mass is 282 g/mol. The van der Waals surface area contributed by atoms with Gasteiger partial charge in [-0.15, -0.1) is 0 Å². The van der Waals surface area contributed by atoms with Gasteiger partial charge in [-0.2, -0.15) is 0 Å². The topological polar surface area (TPSA) is 69.6 Å². The fourth-order valence-electron chi connectivity index (χ4n) is 1.64. The Morgan fingerprint density at radius 3 is 2.60 bits per heavy atom. The molecule has 20 heavy (non-hydrogen) atoms. The molecule has 1 aromatic carbocycles. The van der Waals surface area contributed by atoms with E-state index in [0.717, 1.165) is 12.5 Å². The van der Waals surface area contributed by atoms with Crippen molar-refractivity contribution in [2.75, 3.05) is 18.9 Å². The van der Waals surface area contributed by atoms with Crippen LogP contribution >= 0.6 is 0 Å². The van der Waals surface area contributed by atoms with E-state index in [0.29, 0.717) is 12.5 Å². The molecule has 0 aromatic heterocycles. The zero-order chi connectivity index (χ0) is 15.3. The smallest absolute Gasteiger partial charge is 0.335 e. The quantitative estimate of drug-likeness (QED) is 0.872. The SMILES string of the molecule is CCC(C)CN(C)C(=O)Nc1ccc(C(=O)O)cc1F. The summed E-state index contributed by atoms with van der Waals surface area (Å²) in [5.41, 5.74) is -0.190. The molecule has 0 radical (unpaired) electrons. The molecule has 1 aromatic rings. The zero-order valence-corrected chi connectivity index (χ0v) is 11.8. The number of nitrogens with zero attached hydrogens (tertiary/aromatic N) is 1. The van der Waals surface area contributed by atoms with E-state index >= 15 is 0 Å². The number of hydrogen-bond donors (Lipinski definition) is 2. The summed E-state index contributed by atoms with van der Waals surface area (Å²) in [6.07, 6.45) is 0.944. The van der Waals surface area contributed by atoms with E-state index in [-0.39, 0.29) is 11.3 Å². The molecule has 0 aliphatic carbocycles. The summed E-state index contributed by atoms with van der Waals surface area (Å²) >= 11 is 0. The number of urea groups is 1. The Hall–Kier alpha value is -2.11. The van der Waals surface area contributed by atoms with Crippen LogP contribution in [0.2, 0.25) is 0 Å².